The largest absolute Gasteiger partial charge is 0.480 e. The summed E-state index contributed by atoms with van der Waals surface area (Å²) < 4.78 is 6.23. The van der Waals surface area contributed by atoms with Crippen LogP contribution in [0, 0.1) is 0 Å². The minimum atomic E-state index is -0.630. The molecule has 1 atom stereocenters. The highest BCUT2D eigenvalue weighted by Crippen LogP contribution is 2.22. The zero-order valence-electron chi connectivity index (χ0n) is 9.70. The monoisotopic (exact) mass is 299 g/mol. The zero-order valence-corrected chi connectivity index (χ0v) is 11.3. The summed E-state index contributed by atoms with van der Waals surface area (Å²) in [6.45, 7) is 4.02. The average Bonchev–Trinajstić information content (AvgIpc) is 2.31. The first kappa shape index (κ1) is 13.7. The maximum atomic E-state index is 11.5. The van der Waals surface area contributed by atoms with Gasteiger partial charge in [-0.2, -0.15) is 0 Å². The second-order valence-corrected chi connectivity index (χ2v) is 4.37. The molecule has 0 saturated carbocycles. The predicted molar refractivity (Wildman–Crippen MR) is 68.3 cm³/mol. The van der Waals surface area contributed by atoms with Gasteiger partial charge in [0.2, 0.25) is 0 Å². The van der Waals surface area contributed by atoms with E-state index in [4.69, 9.17) is 4.74 Å². The van der Waals surface area contributed by atoms with Crippen LogP contribution in [-0.2, 0) is 4.79 Å². The van der Waals surface area contributed by atoms with Gasteiger partial charge in [0.15, 0.2) is 12.4 Å². The number of likely N-dealkylation sites (N-methyl/N-ethyl adjacent to an activating group) is 1. The SMILES string of the molecule is CCNC(=O)C(C)Oc1ccc(Br)cc1C=O. The third kappa shape index (κ3) is 3.85. The average molecular weight is 300 g/mol. The highest BCUT2D eigenvalue weighted by Gasteiger charge is 2.15. The molecule has 0 aliphatic heterocycles. The summed E-state index contributed by atoms with van der Waals surface area (Å²) in [5.74, 6) is 0.203. The van der Waals surface area contributed by atoms with Crippen molar-refractivity contribution in [1.29, 1.82) is 0 Å². The molecule has 0 aliphatic rings. The van der Waals surface area contributed by atoms with E-state index in [-0.39, 0.29) is 5.91 Å². The van der Waals surface area contributed by atoms with Crippen LogP contribution < -0.4 is 10.1 Å². The van der Waals surface area contributed by atoms with Crippen molar-refractivity contribution < 1.29 is 14.3 Å². The first-order chi connectivity index (χ1) is 8.08. The van der Waals surface area contributed by atoms with Gasteiger partial charge < -0.3 is 10.1 Å². The van der Waals surface area contributed by atoms with Crippen molar-refractivity contribution in [2.45, 2.75) is 20.0 Å². The number of hydrogen-bond donors (Lipinski definition) is 1. The van der Waals surface area contributed by atoms with Crippen molar-refractivity contribution in [3.63, 3.8) is 0 Å². The van der Waals surface area contributed by atoms with Crippen molar-refractivity contribution in [3.05, 3.63) is 28.2 Å². The molecule has 0 bridgehead atoms. The fourth-order valence-corrected chi connectivity index (χ4v) is 1.66. The Labute approximate surface area is 108 Å². The molecule has 1 amide bonds. The summed E-state index contributed by atoms with van der Waals surface area (Å²) in [6, 6.07) is 5.06. The number of nitrogens with one attached hydrogen (secondary N) is 1. The number of hydrogen-bond acceptors (Lipinski definition) is 3. The Kier molecular flexibility index (Phi) is 5.15. The van der Waals surface area contributed by atoms with E-state index >= 15 is 0 Å². The number of aldehydes is 1. The Balaban J connectivity index is 2.80. The number of halogens is 1. The molecule has 17 heavy (non-hydrogen) atoms. The highest BCUT2D eigenvalue weighted by molar-refractivity contribution is 9.10. The molecular weight excluding hydrogens is 286 g/mol. The van der Waals surface area contributed by atoms with E-state index in [0.717, 1.165) is 4.47 Å². The molecule has 1 aromatic rings. The Morgan fingerprint density at radius 3 is 2.88 bits per heavy atom. The van der Waals surface area contributed by atoms with Crippen LogP contribution in [-0.4, -0.2) is 24.8 Å². The van der Waals surface area contributed by atoms with Gasteiger partial charge in [-0.15, -0.1) is 0 Å². The minimum absolute atomic E-state index is 0.202. The van der Waals surface area contributed by atoms with Gasteiger partial charge in [-0.1, -0.05) is 15.9 Å². The molecule has 5 heteroatoms. The van der Waals surface area contributed by atoms with Gasteiger partial charge >= 0.3 is 0 Å². The summed E-state index contributed by atoms with van der Waals surface area (Å²) in [5, 5.41) is 2.65. The maximum Gasteiger partial charge on any atom is 0.260 e. The first-order valence-corrected chi connectivity index (χ1v) is 6.07. The van der Waals surface area contributed by atoms with Crippen LogP contribution in [0.2, 0.25) is 0 Å². The van der Waals surface area contributed by atoms with Crippen LogP contribution in [0.4, 0.5) is 0 Å². The Bertz CT molecular complexity index is 420. The molecule has 1 aromatic carbocycles. The fraction of sp³-hybridized carbons (Fsp3) is 0.333. The summed E-state index contributed by atoms with van der Waals surface area (Å²) in [4.78, 5) is 22.3. The van der Waals surface area contributed by atoms with Crippen molar-refractivity contribution in [2.24, 2.45) is 0 Å². The van der Waals surface area contributed by atoms with Gasteiger partial charge in [-0.05, 0) is 32.0 Å². The lowest BCUT2D eigenvalue weighted by atomic mass is 10.2. The molecule has 1 rings (SSSR count). The standard InChI is InChI=1S/C12H14BrNO3/c1-3-14-12(16)8(2)17-11-5-4-10(13)6-9(11)7-15/h4-8H,3H2,1-2H3,(H,14,16). The third-order valence-electron chi connectivity index (χ3n) is 2.12. The molecule has 0 saturated heterocycles. The first-order valence-electron chi connectivity index (χ1n) is 5.27. The fourth-order valence-electron chi connectivity index (χ4n) is 1.28. The molecule has 0 heterocycles. The Hall–Kier alpha value is -1.36. The van der Waals surface area contributed by atoms with Crippen LogP contribution in [0.5, 0.6) is 5.75 Å². The number of ether oxygens (including phenoxy) is 1. The number of amides is 1. The van der Waals surface area contributed by atoms with E-state index in [2.05, 4.69) is 21.2 Å². The molecule has 0 fully saturated rings. The van der Waals surface area contributed by atoms with E-state index in [1.165, 1.54) is 0 Å². The number of benzene rings is 1. The molecule has 1 unspecified atom stereocenters. The summed E-state index contributed by atoms with van der Waals surface area (Å²) in [5.41, 5.74) is 0.413. The highest BCUT2D eigenvalue weighted by atomic mass is 79.9. The molecular formula is C12H14BrNO3. The number of carbonyl (C=O) groups is 2. The molecule has 4 nitrogen and oxygen atoms in total. The lowest BCUT2D eigenvalue weighted by molar-refractivity contribution is -0.127. The maximum absolute atomic E-state index is 11.5. The predicted octanol–water partition coefficient (Wildman–Crippen LogP) is 2.17. The molecule has 0 aromatic heterocycles. The van der Waals surface area contributed by atoms with Crippen LogP contribution in [0.15, 0.2) is 22.7 Å². The molecule has 0 spiro atoms. The second-order valence-electron chi connectivity index (χ2n) is 3.45. The van der Waals surface area contributed by atoms with Crippen LogP contribution >= 0.6 is 15.9 Å². The summed E-state index contributed by atoms with van der Waals surface area (Å²) >= 11 is 3.26. The van der Waals surface area contributed by atoms with Gasteiger partial charge in [-0.25, -0.2) is 0 Å². The zero-order chi connectivity index (χ0) is 12.8. The van der Waals surface area contributed by atoms with Gasteiger partial charge in [-0.3, -0.25) is 9.59 Å². The third-order valence-corrected chi connectivity index (χ3v) is 2.62. The number of rotatable bonds is 5. The van der Waals surface area contributed by atoms with Crippen LogP contribution in [0.3, 0.4) is 0 Å². The van der Waals surface area contributed by atoms with Gasteiger partial charge in [0, 0.05) is 11.0 Å². The van der Waals surface area contributed by atoms with Crippen LogP contribution in [0.25, 0.3) is 0 Å². The molecule has 0 aliphatic carbocycles. The van der Waals surface area contributed by atoms with Crippen molar-refractivity contribution in [2.75, 3.05) is 6.54 Å². The van der Waals surface area contributed by atoms with E-state index < -0.39 is 6.10 Å². The Morgan fingerprint density at radius 2 is 2.29 bits per heavy atom. The van der Waals surface area contributed by atoms with Gasteiger partial charge in [0.05, 0.1) is 5.56 Å². The van der Waals surface area contributed by atoms with Gasteiger partial charge in [0.25, 0.3) is 5.91 Å². The van der Waals surface area contributed by atoms with Crippen molar-refractivity contribution in [1.82, 2.24) is 5.32 Å². The van der Waals surface area contributed by atoms with Crippen molar-refractivity contribution in [3.8, 4) is 5.75 Å². The Morgan fingerprint density at radius 1 is 1.59 bits per heavy atom. The van der Waals surface area contributed by atoms with E-state index in [0.29, 0.717) is 24.1 Å². The lowest BCUT2D eigenvalue weighted by Crippen LogP contribution is -2.36. The van der Waals surface area contributed by atoms with E-state index in [9.17, 15) is 9.59 Å². The molecule has 1 N–H and O–H groups in total. The summed E-state index contributed by atoms with van der Waals surface area (Å²) in [6.07, 6.45) is 0.0692. The van der Waals surface area contributed by atoms with Gasteiger partial charge in [0.1, 0.15) is 5.75 Å². The quantitative estimate of drug-likeness (QED) is 0.848. The number of carbonyl (C=O) groups excluding carboxylic acids is 2. The van der Waals surface area contributed by atoms with E-state index in [1.807, 2.05) is 6.92 Å². The van der Waals surface area contributed by atoms with Crippen LogP contribution in [0.1, 0.15) is 24.2 Å². The van der Waals surface area contributed by atoms with E-state index in [1.54, 1.807) is 25.1 Å². The normalized spacial score (nSPS) is 11.7. The smallest absolute Gasteiger partial charge is 0.260 e. The second kappa shape index (κ2) is 6.39. The summed E-state index contributed by atoms with van der Waals surface area (Å²) in [7, 11) is 0. The molecule has 92 valence electrons. The lowest BCUT2D eigenvalue weighted by Gasteiger charge is -2.15. The molecule has 0 radical (unpaired) electrons. The topological polar surface area (TPSA) is 55.4 Å². The minimum Gasteiger partial charge on any atom is -0.480 e. The van der Waals surface area contributed by atoms with Crippen molar-refractivity contribution >= 4 is 28.1 Å².